The molecule has 14 heteroatoms. The van der Waals surface area contributed by atoms with Crippen LogP contribution >= 0.6 is 0 Å². The van der Waals surface area contributed by atoms with Crippen molar-refractivity contribution in [1.82, 2.24) is 14.3 Å². The van der Waals surface area contributed by atoms with Crippen LogP contribution in [0, 0.1) is 0 Å². The largest absolute Gasteiger partial charge is 0.497 e. The average Bonchev–Trinajstić information content (AvgIpc) is 3.59. The van der Waals surface area contributed by atoms with Gasteiger partial charge in [0.05, 0.1) is 38.1 Å². The van der Waals surface area contributed by atoms with Crippen LogP contribution in [0.3, 0.4) is 0 Å². The van der Waals surface area contributed by atoms with Crippen molar-refractivity contribution in [1.29, 1.82) is 0 Å². The highest BCUT2D eigenvalue weighted by molar-refractivity contribution is 7.89. The van der Waals surface area contributed by atoms with Crippen molar-refractivity contribution in [3.8, 4) is 34.4 Å². The van der Waals surface area contributed by atoms with Crippen LogP contribution in [0.1, 0.15) is 36.8 Å². The highest BCUT2D eigenvalue weighted by Crippen LogP contribution is 2.39. The van der Waals surface area contributed by atoms with Crippen molar-refractivity contribution in [2.24, 2.45) is 0 Å². The summed E-state index contributed by atoms with van der Waals surface area (Å²) in [4.78, 5) is 29.3. The minimum Gasteiger partial charge on any atom is -0.497 e. The van der Waals surface area contributed by atoms with Gasteiger partial charge in [0.2, 0.25) is 16.8 Å². The van der Waals surface area contributed by atoms with Crippen LogP contribution in [0.25, 0.3) is 11.8 Å². The normalized spacial score (nSPS) is 12.6. The van der Waals surface area contributed by atoms with Gasteiger partial charge in [0.15, 0.2) is 18.1 Å². The zero-order valence-electron chi connectivity index (χ0n) is 24.2. The van der Waals surface area contributed by atoms with E-state index in [1.165, 1.54) is 20.3 Å². The van der Waals surface area contributed by atoms with Crippen LogP contribution in [0.4, 0.5) is 0 Å². The van der Waals surface area contributed by atoms with E-state index in [1.54, 1.807) is 41.1 Å². The molecule has 0 radical (unpaired) electrons. The van der Waals surface area contributed by atoms with Crippen molar-refractivity contribution < 1.29 is 46.8 Å². The van der Waals surface area contributed by atoms with Crippen molar-refractivity contribution in [3.63, 3.8) is 0 Å². The van der Waals surface area contributed by atoms with Gasteiger partial charge in [-0.25, -0.2) is 18.2 Å². The Morgan fingerprint density at radius 3 is 2.51 bits per heavy atom. The molecule has 1 aromatic heterocycles. The summed E-state index contributed by atoms with van der Waals surface area (Å²) in [6.07, 6.45) is 6.22. The van der Waals surface area contributed by atoms with E-state index in [-0.39, 0.29) is 24.5 Å². The van der Waals surface area contributed by atoms with Gasteiger partial charge in [-0.15, -0.1) is 0 Å². The molecule has 0 atom stereocenters. The number of sulfonamides is 1. The van der Waals surface area contributed by atoms with Gasteiger partial charge in [-0.2, -0.15) is 0 Å². The highest BCUT2D eigenvalue weighted by atomic mass is 32.2. The van der Waals surface area contributed by atoms with Gasteiger partial charge >= 0.3 is 5.97 Å². The van der Waals surface area contributed by atoms with Crippen molar-refractivity contribution in [2.45, 2.75) is 32.6 Å². The molecule has 0 unspecified atom stereocenters. The first-order valence-corrected chi connectivity index (χ1v) is 15.2. The number of benzene rings is 2. The number of aryl methyl sites for hydroxylation is 1. The lowest BCUT2D eigenvalue weighted by atomic mass is 10.0. The Morgan fingerprint density at radius 2 is 1.86 bits per heavy atom. The molecule has 2 heterocycles. The Kier molecular flexibility index (Phi) is 9.80. The second-order valence-electron chi connectivity index (χ2n) is 9.63. The number of rotatable bonds is 14. The summed E-state index contributed by atoms with van der Waals surface area (Å²) in [5.74, 6) is 0.703. The Hall–Kier alpha value is -4.72. The summed E-state index contributed by atoms with van der Waals surface area (Å²) in [5.41, 5.74) is 1.53. The summed E-state index contributed by atoms with van der Waals surface area (Å²) in [6, 6.07) is 8.28. The van der Waals surface area contributed by atoms with Crippen molar-refractivity contribution in [3.05, 3.63) is 59.2 Å². The third-order valence-corrected chi connectivity index (χ3v) is 7.03. The first-order valence-electron chi connectivity index (χ1n) is 13.3. The number of fused-ring (bicyclic) bond motifs is 1. The second kappa shape index (κ2) is 13.5. The van der Waals surface area contributed by atoms with Crippen molar-refractivity contribution in [2.75, 3.05) is 33.9 Å². The topological polar surface area (TPSA) is 165 Å². The third kappa shape index (κ3) is 7.77. The number of carbonyl (C=O) groups excluding carboxylic acids is 1. The van der Waals surface area contributed by atoms with Gasteiger partial charge in [-0.05, 0) is 30.7 Å². The fraction of sp³-hybridized carbons (Fsp3) is 0.345. The molecule has 1 aliphatic heterocycles. The predicted molar refractivity (Wildman–Crippen MR) is 156 cm³/mol. The Labute approximate surface area is 249 Å². The average molecular weight is 616 g/mol. The lowest BCUT2D eigenvalue weighted by molar-refractivity contribution is -0.132. The maximum atomic E-state index is 12.5. The molecule has 0 aliphatic carbocycles. The van der Waals surface area contributed by atoms with Crippen LogP contribution in [0.2, 0.25) is 0 Å². The summed E-state index contributed by atoms with van der Waals surface area (Å²) in [7, 11) is -0.823. The zero-order chi connectivity index (χ0) is 31.1. The Balaban J connectivity index is 1.78. The molecule has 0 saturated heterocycles. The lowest BCUT2D eigenvalue weighted by Gasteiger charge is -2.17. The minimum absolute atomic E-state index is 0.00223. The van der Waals surface area contributed by atoms with Gasteiger partial charge in [0.1, 0.15) is 23.1 Å². The molecular formula is C29H33N3O10S. The Bertz CT molecular complexity index is 1650. The lowest BCUT2D eigenvalue weighted by Crippen LogP contribution is -2.33. The number of carboxylic acid groups (broad SMARTS) is 1. The standard InChI is InChI=1S/C29H33N3O10S/c1-5-6-7-27-30-15-20(11-19(29(34)35)10-18-12-25-26(42-17-41-25)14-23(18)39-3)32(27)22-9-8-21(38-2)13-24(22)40-16-28(33)31-43(4,36)37/h8-9,11-15H,5-7,10,16-17H2,1-4H3,(H,31,33)(H,34,35)/b19-11+. The number of aromatic nitrogens is 2. The van der Waals surface area contributed by atoms with Crippen LogP contribution in [-0.4, -0.2) is 68.8 Å². The first-order chi connectivity index (χ1) is 20.5. The molecule has 1 amide bonds. The smallest absolute Gasteiger partial charge is 0.331 e. The van der Waals surface area contributed by atoms with Gasteiger partial charge in [-0.3, -0.25) is 14.1 Å². The molecule has 3 aromatic rings. The first kappa shape index (κ1) is 31.2. The van der Waals surface area contributed by atoms with Gasteiger partial charge < -0.3 is 28.8 Å². The predicted octanol–water partition coefficient (Wildman–Crippen LogP) is 3.13. The molecule has 43 heavy (non-hydrogen) atoms. The summed E-state index contributed by atoms with van der Waals surface area (Å²) in [6.45, 7) is 1.50. The molecule has 0 saturated carbocycles. The number of unbranched alkanes of at least 4 members (excludes halogenated alkanes) is 1. The monoisotopic (exact) mass is 615 g/mol. The fourth-order valence-electron chi connectivity index (χ4n) is 4.46. The molecule has 0 spiro atoms. The maximum Gasteiger partial charge on any atom is 0.331 e. The zero-order valence-corrected chi connectivity index (χ0v) is 25.0. The van der Waals surface area contributed by atoms with E-state index in [4.69, 9.17) is 23.7 Å². The van der Waals surface area contributed by atoms with E-state index in [2.05, 4.69) is 4.98 Å². The number of nitrogens with one attached hydrogen (secondary N) is 1. The summed E-state index contributed by atoms with van der Waals surface area (Å²) < 4.78 is 54.0. The number of amides is 1. The molecule has 0 fully saturated rings. The van der Waals surface area contributed by atoms with E-state index < -0.39 is 28.5 Å². The SMILES string of the molecule is CCCCc1ncc(/C=C(\Cc2cc3c(cc2OC)OCO3)C(=O)O)n1-c1ccc(OC)cc1OCC(=O)NS(C)(=O)=O. The Morgan fingerprint density at radius 1 is 1.12 bits per heavy atom. The van der Waals surface area contributed by atoms with Crippen LogP contribution in [0.15, 0.2) is 42.1 Å². The molecule has 2 aromatic carbocycles. The molecule has 4 rings (SSSR count). The third-order valence-electron chi connectivity index (χ3n) is 6.44. The summed E-state index contributed by atoms with van der Waals surface area (Å²) in [5, 5.41) is 10.2. The fourth-order valence-corrected chi connectivity index (χ4v) is 4.94. The molecule has 1 aliphatic rings. The number of aliphatic carboxylic acids is 1. The molecular weight excluding hydrogens is 582 g/mol. The number of carbonyl (C=O) groups is 2. The highest BCUT2D eigenvalue weighted by Gasteiger charge is 2.22. The number of hydrogen-bond donors (Lipinski definition) is 2. The van der Waals surface area contributed by atoms with Crippen molar-refractivity contribution >= 4 is 28.0 Å². The minimum atomic E-state index is -3.78. The van der Waals surface area contributed by atoms with E-state index in [0.29, 0.717) is 52.2 Å². The van der Waals surface area contributed by atoms with Crippen LogP contribution in [-0.2, 0) is 32.5 Å². The van der Waals surface area contributed by atoms with Gasteiger partial charge in [0.25, 0.3) is 5.91 Å². The molecule has 13 nitrogen and oxygen atoms in total. The number of hydrogen-bond acceptors (Lipinski definition) is 10. The second-order valence-corrected chi connectivity index (χ2v) is 11.4. The van der Waals surface area contributed by atoms with E-state index >= 15 is 0 Å². The number of nitrogens with zero attached hydrogens (tertiary/aromatic N) is 2. The number of imidazole rings is 1. The maximum absolute atomic E-state index is 12.5. The summed E-state index contributed by atoms with van der Waals surface area (Å²) >= 11 is 0. The van der Waals surface area contributed by atoms with Gasteiger partial charge in [-0.1, -0.05) is 13.3 Å². The van der Waals surface area contributed by atoms with E-state index in [9.17, 15) is 23.1 Å². The van der Waals surface area contributed by atoms with E-state index in [0.717, 1.165) is 19.1 Å². The van der Waals surface area contributed by atoms with Crippen LogP contribution < -0.4 is 28.4 Å². The van der Waals surface area contributed by atoms with Crippen LogP contribution in [0.5, 0.6) is 28.7 Å². The number of carboxylic acids is 1. The quantitative estimate of drug-likeness (QED) is 0.256. The number of methoxy groups -OCH3 is 2. The van der Waals surface area contributed by atoms with E-state index in [1.807, 2.05) is 11.6 Å². The van der Waals surface area contributed by atoms with Gasteiger partial charge in [0, 0.05) is 36.1 Å². The number of ether oxygens (including phenoxy) is 5. The molecule has 230 valence electrons. The molecule has 2 N–H and O–H groups in total. The molecule has 0 bridgehead atoms.